The van der Waals surface area contributed by atoms with E-state index in [0.717, 1.165) is 5.56 Å². The Hall–Kier alpha value is -2.74. The second kappa shape index (κ2) is 7.01. The second-order valence-electron chi connectivity index (χ2n) is 4.95. The third kappa shape index (κ3) is 3.72. The highest BCUT2D eigenvalue weighted by Crippen LogP contribution is 2.23. The smallest absolute Gasteiger partial charge is 0.336 e. The maximum Gasteiger partial charge on any atom is 0.336 e. The molecule has 0 aromatic heterocycles. The van der Waals surface area contributed by atoms with Crippen molar-refractivity contribution >= 4 is 34.6 Å². The Kier molecular flexibility index (Phi) is 4.62. The molecule has 0 saturated carbocycles. The van der Waals surface area contributed by atoms with Crippen molar-refractivity contribution in [2.45, 2.75) is 4.90 Å². The minimum absolute atomic E-state index is 0.307. The van der Waals surface area contributed by atoms with E-state index in [4.69, 9.17) is 5.11 Å². The molecular formula is C20H14O2S. The third-order valence-corrected chi connectivity index (χ3v) is 4.26. The summed E-state index contributed by atoms with van der Waals surface area (Å²) in [6.07, 6.45) is 1.89. The summed E-state index contributed by atoms with van der Waals surface area (Å²) >= 11 is 1.35. The van der Waals surface area contributed by atoms with Gasteiger partial charge in [-0.2, -0.15) is 0 Å². The van der Waals surface area contributed by atoms with E-state index in [-0.39, 0.29) is 0 Å². The summed E-state index contributed by atoms with van der Waals surface area (Å²) in [5, 5.41) is 13.3. The lowest BCUT2D eigenvalue weighted by Crippen LogP contribution is -1.97. The number of hydrogen-bond acceptors (Lipinski definition) is 2. The lowest BCUT2D eigenvalue weighted by Gasteiger charge is -2.00. The predicted octanol–water partition coefficient (Wildman–Crippen LogP) is 5.46. The van der Waals surface area contributed by atoms with Gasteiger partial charge in [0.1, 0.15) is 0 Å². The summed E-state index contributed by atoms with van der Waals surface area (Å²) in [5.41, 5.74) is 4.47. The van der Waals surface area contributed by atoms with Gasteiger partial charge in [-0.1, -0.05) is 60.3 Å². The van der Waals surface area contributed by atoms with Gasteiger partial charge in [-0.3, -0.25) is 0 Å². The van der Waals surface area contributed by atoms with Crippen LogP contribution in [0.25, 0.3) is 16.8 Å². The summed E-state index contributed by atoms with van der Waals surface area (Å²) < 4.78 is 0. The molecule has 0 amide bonds. The predicted molar refractivity (Wildman–Crippen MR) is 95.8 cm³/mol. The molecule has 112 valence electrons. The maximum atomic E-state index is 11.1. The first kappa shape index (κ1) is 15.2. The van der Waals surface area contributed by atoms with Crippen molar-refractivity contribution in [1.82, 2.24) is 0 Å². The Labute approximate surface area is 138 Å². The van der Waals surface area contributed by atoms with Crippen molar-refractivity contribution in [3.05, 3.63) is 89.0 Å². The monoisotopic (exact) mass is 318 g/mol. The van der Waals surface area contributed by atoms with Crippen molar-refractivity contribution in [3.8, 4) is 0 Å². The molecule has 0 unspecified atom stereocenters. The molecule has 3 aromatic carbocycles. The van der Waals surface area contributed by atoms with Crippen LogP contribution in [-0.2, 0) is 0 Å². The Bertz CT molecular complexity index is 922. The van der Waals surface area contributed by atoms with Gasteiger partial charge in [-0.15, -0.1) is 5.73 Å². The van der Waals surface area contributed by atoms with Crippen molar-refractivity contribution in [2.75, 3.05) is 0 Å². The highest BCUT2D eigenvalue weighted by Gasteiger charge is 2.07. The van der Waals surface area contributed by atoms with Crippen LogP contribution in [0.4, 0.5) is 0 Å². The fourth-order valence-corrected chi connectivity index (χ4v) is 2.97. The van der Waals surface area contributed by atoms with E-state index in [1.165, 1.54) is 22.5 Å². The van der Waals surface area contributed by atoms with Gasteiger partial charge in [-0.05, 0) is 40.6 Å². The zero-order chi connectivity index (χ0) is 16.1. The molecule has 0 fully saturated rings. The van der Waals surface area contributed by atoms with Gasteiger partial charge in [0, 0.05) is 10.3 Å². The molecule has 0 aliphatic carbocycles. The van der Waals surface area contributed by atoms with Gasteiger partial charge in [0.25, 0.3) is 0 Å². The zero-order valence-corrected chi connectivity index (χ0v) is 13.1. The molecular weight excluding hydrogens is 304 g/mol. The highest BCUT2D eigenvalue weighted by atomic mass is 32.2. The van der Waals surface area contributed by atoms with Gasteiger partial charge in [0.05, 0.1) is 5.56 Å². The molecule has 3 heteroatoms. The third-order valence-electron chi connectivity index (χ3n) is 3.39. The van der Waals surface area contributed by atoms with E-state index in [9.17, 15) is 4.79 Å². The molecule has 3 rings (SSSR count). The number of thioether (sulfide) groups is 1. The van der Waals surface area contributed by atoms with E-state index in [1.54, 1.807) is 23.6 Å². The SMILES string of the molecule is O=C(O)c1ccccc1SC=C=Cc1ccc2ccccc2c1. The highest BCUT2D eigenvalue weighted by molar-refractivity contribution is 8.02. The van der Waals surface area contributed by atoms with Gasteiger partial charge >= 0.3 is 5.97 Å². The normalized spacial score (nSPS) is 10.1. The van der Waals surface area contributed by atoms with Crippen LogP contribution in [0.5, 0.6) is 0 Å². The number of carboxylic acid groups (broad SMARTS) is 1. The molecule has 0 saturated heterocycles. The fraction of sp³-hybridized carbons (Fsp3) is 0. The summed E-state index contributed by atoms with van der Waals surface area (Å²) in [5.74, 6) is -0.917. The van der Waals surface area contributed by atoms with Gasteiger partial charge < -0.3 is 5.11 Å². The molecule has 23 heavy (non-hydrogen) atoms. The maximum absolute atomic E-state index is 11.1. The first-order valence-electron chi connectivity index (χ1n) is 7.13. The Morgan fingerprint density at radius 3 is 2.52 bits per heavy atom. The molecule has 1 N–H and O–H groups in total. The van der Waals surface area contributed by atoms with E-state index >= 15 is 0 Å². The largest absolute Gasteiger partial charge is 0.478 e. The molecule has 0 spiro atoms. The van der Waals surface area contributed by atoms with Gasteiger partial charge in [0.2, 0.25) is 0 Å². The van der Waals surface area contributed by atoms with Crippen molar-refractivity contribution < 1.29 is 9.90 Å². The van der Waals surface area contributed by atoms with Crippen LogP contribution in [0.1, 0.15) is 15.9 Å². The number of aromatic carboxylic acids is 1. The Balaban J connectivity index is 1.79. The second-order valence-corrected chi connectivity index (χ2v) is 5.87. The van der Waals surface area contributed by atoms with Crippen LogP contribution in [0.3, 0.4) is 0 Å². The standard InChI is InChI=1S/C20H14O2S/c21-20(22)18-9-3-4-10-19(18)23-13-5-6-15-11-12-16-7-1-2-8-17(16)14-15/h1-4,6-14H,(H,21,22). The average Bonchev–Trinajstić information content (AvgIpc) is 2.59. The van der Waals surface area contributed by atoms with Crippen molar-refractivity contribution in [2.24, 2.45) is 0 Å². The zero-order valence-electron chi connectivity index (χ0n) is 12.3. The molecule has 3 aromatic rings. The summed E-state index contributed by atoms with van der Waals surface area (Å²) in [6, 6.07) is 21.4. The minimum Gasteiger partial charge on any atom is -0.478 e. The van der Waals surface area contributed by atoms with Crippen molar-refractivity contribution in [3.63, 3.8) is 0 Å². The minimum atomic E-state index is -0.917. The molecule has 0 aliphatic heterocycles. The van der Waals surface area contributed by atoms with Crippen LogP contribution in [0, 0.1) is 0 Å². The number of fused-ring (bicyclic) bond motifs is 1. The van der Waals surface area contributed by atoms with Crippen molar-refractivity contribution in [1.29, 1.82) is 0 Å². The van der Waals surface area contributed by atoms with E-state index in [1.807, 2.05) is 30.3 Å². The van der Waals surface area contributed by atoms with Crippen LogP contribution in [0.15, 0.2) is 82.8 Å². The van der Waals surface area contributed by atoms with E-state index in [0.29, 0.717) is 10.5 Å². The fourth-order valence-electron chi connectivity index (χ4n) is 2.27. The average molecular weight is 318 g/mol. The topological polar surface area (TPSA) is 37.3 Å². The molecule has 2 nitrogen and oxygen atoms in total. The first-order chi connectivity index (χ1) is 11.2. The quantitative estimate of drug-likeness (QED) is 0.513. The summed E-state index contributed by atoms with van der Waals surface area (Å²) in [6.45, 7) is 0. The molecule has 0 aliphatic rings. The van der Waals surface area contributed by atoms with Crippen LogP contribution < -0.4 is 0 Å². The lowest BCUT2D eigenvalue weighted by molar-refractivity contribution is 0.0693. The van der Waals surface area contributed by atoms with Crippen LogP contribution in [0.2, 0.25) is 0 Å². The summed E-state index contributed by atoms with van der Waals surface area (Å²) in [7, 11) is 0. The van der Waals surface area contributed by atoms with E-state index in [2.05, 4.69) is 30.0 Å². The van der Waals surface area contributed by atoms with Gasteiger partial charge in [0.15, 0.2) is 0 Å². The van der Waals surface area contributed by atoms with Crippen LogP contribution in [-0.4, -0.2) is 11.1 Å². The lowest BCUT2D eigenvalue weighted by atomic mass is 10.1. The number of hydrogen-bond donors (Lipinski definition) is 1. The van der Waals surface area contributed by atoms with E-state index < -0.39 is 5.97 Å². The molecule has 0 bridgehead atoms. The molecule has 0 atom stereocenters. The summed E-state index contributed by atoms with van der Waals surface area (Å²) in [4.78, 5) is 11.9. The molecule has 0 heterocycles. The Morgan fingerprint density at radius 1 is 0.957 bits per heavy atom. The number of rotatable bonds is 4. The number of carbonyl (C=O) groups is 1. The Morgan fingerprint density at radius 2 is 1.70 bits per heavy atom. The first-order valence-corrected chi connectivity index (χ1v) is 8.01. The number of benzene rings is 3. The number of carboxylic acids is 1. The van der Waals surface area contributed by atoms with Crippen LogP contribution >= 0.6 is 11.8 Å². The van der Waals surface area contributed by atoms with Gasteiger partial charge in [-0.25, -0.2) is 4.79 Å². The molecule has 0 radical (unpaired) electrons.